The zero-order chi connectivity index (χ0) is 22.1. The molecule has 31 heavy (non-hydrogen) atoms. The summed E-state index contributed by atoms with van der Waals surface area (Å²) < 4.78 is 0. The van der Waals surface area contributed by atoms with Crippen molar-refractivity contribution in [3.05, 3.63) is 30.5 Å². The maximum atomic E-state index is 12.5. The third-order valence-electron chi connectivity index (χ3n) is 6.42. The van der Waals surface area contributed by atoms with Gasteiger partial charge in [0.1, 0.15) is 21.5 Å². The van der Waals surface area contributed by atoms with Crippen molar-refractivity contribution in [3.8, 4) is 11.1 Å². The first-order valence-electron chi connectivity index (χ1n) is 10.9. The molecule has 3 heterocycles. The first-order valence-corrected chi connectivity index (χ1v) is 10.9. The largest absolute Gasteiger partial charge is 0.310 e. The van der Waals surface area contributed by atoms with Crippen molar-refractivity contribution in [3.63, 3.8) is 0 Å². The van der Waals surface area contributed by atoms with Gasteiger partial charge in [0.25, 0.3) is 0 Å². The van der Waals surface area contributed by atoms with Crippen molar-refractivity contribution in [1.82, 2.24) is 19.8 Å². The molecule has 10 heteroatoms. The fourth-order valence-electron chi connectivity index (χ4n) is 4.30. The molecule has 1 N–H and O–H groups in total. The second-order valence-electron chi connectivity index (χ2n) is 8.67. The number of piperazine rings is 1. The standard InChI is InChI=1S/C21H27B4N5O/c1-29-4-6-30(7-5-29)11-16(31)27-15-9-14-8-12(2-3-13(14)10-26-15)17-18(22)19(23)21(25)28-20(17)24/h2-3,8-10H,4-7,11,22-25H2,1H3,(H,26,27,31). The zero-order valence-electron chi connectivity index (χ0n) is 19.1. The molecule has 154 valence electrons. The number of carbonyl (C=O) groups is 1. The minimum absolute atomic E-state index is 0.0161. The Bertz CT molecular complexity index is 1150. The van der Waals surface area contributed by atoms with Crippen molar-refractivity contribution in [2.75, 3.05) is 45.1 Å². The Balaban J connectivity index is 1.57. The summed E-state index contributed by atoms with van der Waals surface area (Å²) in [7, 11) is 10.5. The molecule has 1 amide bonds. The molecule has 4 rings (SSSR count). The Morgan fingerprint density at radius 2 is 1.74 bits per heavy atom. The maximum Gasteiger partial charge on any atom is 0.239 e. The lowest BCUT2D eigenvalue weighted by atomic mass is 9.70. The van der Waals surface area contributed by atoms with Crippen LogP contribution in [0.2, 0.25) is 0 Å². The first kappa shape index (κ1) is 21.7. The van der Waals surface area contributed by atoms with Gasteiger partial charge < -0.3 is 10.2 Å². The summed E-state index contributed by atoms with van der Waals surface area (Å²) >= 11 is 0. The number of nitrogens with one attached hydrogen (secondary N) is 1. The van der Waals surface area contributed by atoms with Crippen LogP contribution in [-0.2, 0) is 4.79 Å². The molecule has 0 bridgehead atoms. The van der Waals surface area contributed by atoms with E-state index in [1.165, 1.54) is 16.5 Å². The molecule has 1 aliphatic rings. The lowest BCUT2D eigenvalue weighted by molar-refractivity contribution is -0.117. The molecule has 0 saturated carbocycles. The number of anilines is 1. The van der Waals surface area contributed by atoms with Crippen molar-refractivity contribution >= 4 is 76.0 Å². The zero-order valence-corrected chi connectivity index (χ0v) is 19.1. The minimum Gasteiger partial charge on any atom is -0.310 e. The third-order valence-corrected chi connectivity index (χ3v) is 6.42. The Hall–Kier alpha value is -2.57. The number of aromatic nitrogens is 2. The van der Waals surface area contributed by atoms with Gasteiger partial charge in [0.05, 0.1) is 6.54 Å². The van der Waals surface area contributed by atoms with Crippen LogP contribution in [0.25, 0.3) is 21.9 Å². The smallest absolute Gasteiger partial charge is 0.239 e. The van der Waals surface area contributed by atoms with Crippen LogP contribution >= 0.6 is 0 Å². The topological polar surface area (TPSA) is 61.4 Å². The fourth-order valence-corrected chi connectivity index (χ4v) is 4.30. The number of benzene rings is 1. The molecule has 0 radical (unpaired) electrons. The van der Waals surface area contributed by atoms with Crippen LogP contribution in [0.5, 0.6) is 0 Å². The number of hydrogen-bond donors (Lipinski definition) is 1. The molecule has 1 aromatic carbocycles. The molecular formula is C21H27B4N5O. The van der Waals surface area contributed by atoms with Gasteiger partial charge in [-0.05, 0) is 41.3 Å². The highest BCUT2D eigenvalue weighted by Crippen LogP contribution is 2.23. The molecule has 0 spiro atoms. The Labute approximate surface area is 187 Å². The molecule has 1 fully saturated rings. The number of pyridine rings is 2. The van der Waals surface area contributed by atoms with E-state index in [-0.39, 0.29) is 5.91 Å². The number of nitrogens with zero attached hydrogens (tertiary/aromatic N) is 4. The Morgan fingerprint density at radius 1 is 1.00 bits per heavy atom. The van der Waals surface area contributed by atoms with Crippen molar-refractivity contribution in [2.45, 2.75) is 0 Å². The number of fused-ring (bicyclic) bond motifs is 1. The van der Waals surface area contributed by atoms with Gasteiger partial charge in [-0.2, -0.15) is 0 Å². The third kappa shape index (κ3) is 4.70. The summed E-state index contributed by atoms with van der Waals surface area (Å²) in [5.74, 6) is 0.577. The second-order valence-corrected chi connectivity index (χ2v) is 8.67. The Kier molecular flexibility index (Phi) is 6.21. The van der Waals surface area contributed by atoms with Crippen molar-refractivity contribution < 1.29 is 4.79 Å². The number of likely N-dealkylation sites (N-methyl/N-ethyl adjacent to an activating group) is 1. The van der Waals surface area contributed by atoms with Crippen LogP contribution < -0.4 is 27.4 Å². The molecule has 0 atom stereocenters. The fraction of sp³-hybridized carbons (Fsp3) is 0.286. The van der Waals surface area contributed by atoms with Gasteiger partial charge in [-0.15, -0.1) is 0 Å². The average molecular weight is 409 g/mol. The summed E-state index contributed by atoms with van der Waals surface area (Å²) in [6.45, 7) is 4.23. The first-order chi connectivity index (χ1) is 14.8. The molecule has 3 aromatic rings. The van der Waals surface area contributed by atoms with Crippen LogP contribution in [0.15, 0.2) is 30.5 Å². The van der Waals surface area contributed by atoms with E-state index in [9.17, 15) is 4.79 Å². The normalized spacial score (nSPS) is 15.3. The summed E-state index contributed by atoms with van der Waals surface area (Å²) in [6, 6.07) is 8.34. The van der Waals surface area contributed by atoms with E-state index in [1.807, 2.05) is 12.3 Å². The average Bonchev–Trinajstić information content (AvgIpc) is 2.73. The predicted molar refractivity (Wildman–Crippen MR) is 140 cm³/mol. The molecule has 0 aliphatic carbocycles. The van der Waals surface area contributed by atoms with Gasteiger partial charge in [0.15, 0.2) is 15.7 Å². The van der Waals surface area contributed by atoms with Gasteiger partial charge in [0.2, 0.25) is 5.91 Å². The Morgan fingerprint density at radius 3 is 2.48 bits per heavy atom. The summed E-state index contributed by atoms with van der Waals surface area (Å²) in [4.78, 5) is 26.2. The van der Waals surface area contributed by atoms with E-state index in [0.29, 0.717) is 12.4 Å². The van der Waals surface area contributed by atoms with Gasteiger partial charge in [-0.1, -0.05) is 23.1 Å². The van der Waals surface area contributed by atoms with E-state index >= 15 is 0 Å². The maximum absolute atomic E-state index is 12.5. The molecular weight excluding hydrogens is 382 g/mol. The molecule has 6 nitrogen and oxygen atoms in total. The lowest BCUT2D eigenvalue weighted by Gasteiger charge is -2.31. The van der Waals surface area contributed by atoms with Crippen molar-refractivity contribution in [1.29, 1.82) is 0 Å². The highest BCUT2D eigenvalue weighted by atomic mass is 16.2. The number of amides is 1. The SMILES string of the molecule is Bc1nc(B)c(-c2ccc3cnc(NC(=O)CN4CCN(C)CC4)cc3c2)c(B)c1B. The summed E-state index contributed by atoms with van der Waals surface area (Å²) in [5.41, 5.74) is 6.93. The highest BCUT2D eigenvalue weighted by Gasteiger charge is 2.17. The van der Waals surface area contributed by atoms with Crippen LogP contribution in [-0.4, -0.2) is 96.8 Å². The van der Waals surface area contributed by atoms with Gasteiger partial charge in [-0.3, -0.25) is 14.7 Å². The molecule has 2 aromatic heterocycles. The number of rotatable bonds is 4. The van der Waals surface area contributed by atoms with Crippen molar-refractivity contribution in [2.24, 2.45) is 0 Å². The van der Waals surface area contributed by atoms with Gasteiger partial charge >= 0.3 is 0 Å². The van der Waals surface area contributed by atoms with Crippen LogP contribution in [0.3, 0.4) is 0 Å². The van der Waals surface area contributed by atoms with E-state index in [0.717, 1.165) is 53.7 Å². The number of hydrogen-bond acceptors (Lipinski definition) is 5. The monoisotopic (exact) mass is 409 g/mol. The summed E-state index contributed by atoms with van der Waals surface area (Å²) in [6.07, 6.45) is 1.82. The van der Waals surface area contributed by atoms with Crippen LogP contribution in [0.4, 0.5) is 5.82 Å². The van der Waals surface area contributed by atoms with Crippen LogP contribution in [0.1, 0.15) is 0 Å². The van der Waals surface area contributed by atoms with E-state index in [4.69, 9.17) is 4.98 Å². The van der Waals surface area contributed by atoms with E-state index < -0.39 is 0 Å². The highest BCUT2D eigenvalue weighted by molar-refractivity contribution is 6.59. The second kappa shape index (κ2) is 8.89. The van der Waals surface area contributed by atoms with Gasteiger partial charge in [0, 0.05) is 43.4 Å². The molecule has 1 aliphatic heterocycles. The van der Waals surface area contributed by atoms with Gasteiger partial charge in [-0.25, -0.2) is 4.98 Å². The minimum atomic E-state index is -0.0161. The van der Waals surface area contributed by atoms with E-state index in [2.05, 4.69) is 76.7 Å². The number of carbonyl (C=O) groups excluding carboxylic acids is 1. The van der Waals surface area contributed by atoms with E-state index in [1.54, 1.807) is 0 Å². The summed E-state index contributed by atoms with van der Waals surface area (Å²) in [5, 5.41) is 5.08. The van der Waals surface area contributed by atoms with Crippen LogP contribution in [0, 0.1) is 0 Å². The molecule has 1 saturated heterocycles. The predicted octanol–water partition coefficient (Wildman–Crippen LogP) is -4.48. The molecule has 0 unspecified atom stereocenters. The quantitative estimate of drug-likeness (QED) is 0.441. The lowest BCUT2D eigenvalue weighted by Crippen LogP contribution is -2.47.